The zero-order chi connectivity index (χ0) is 23.5. The summed E-state index contributed by atoms with van der Waals surface area (Å²) < 4.78 is 35.4. The van der Waals surface area contributed by atoms with Crippen molar-refractivity contribution in [3.63, 3.8) is 0 Å². The lowest BCUT2D eigenvalue weighted by atomic mass is 9.92. The Hall–Kier alpha value is -2.82. The molecule has 0 atom stereocenters. The predicted molar refractivity (Wildman–Crippen MR) is 127 cm³/mol. The summed E-state index contributed by atoms with van der Waals surface area (Å²) in [7, 11) is -3.49. The molecule has 2 heterocycles. The molecule has 0 radical (unpaired) electrons. The van der Waals surface area contributed by atoms with Crippen molar-refractivity contribution in [2.24, 2.45) is 0 Å². The largest absolute Gasteiger partial charge is 0.494 e. The zero-order valence-electron chi connectivity index (χ0n) is 19.4. The smallest absolute Gasteiger partial charge is 0.243 e. The molecule has 5 rings (SSSR count). The summed E-state index contributed by atoms with van der Waals surface area (Å²) in [6, 6.07) is 13.3. The van der Waals surface area contributed by atoms with Crippen LogP contribution in [0.2, 0.25) is 0 Å². The average molecular weight is 483 g/mol. The second-order valence-electron chi connectivity index (χ2n) is 8.75. The Morgan fingerprint density at radius 3 is 2.41 bits per heavy atom. The molecule has 1 aliphatic carbocycles. The van der Waals surface area contributed by atoms with Crippen molar-refractivity contribution in [2.45, 2.75) is 44.0 Å². The van der Waals surface area contributed by atoms with Crippen LogP contribution in [-0.2, 0) is 29.4 Å². The zero-order valence-corrected chi connectivity index (χ0v) is 20.2. The average Bonchev–Trinajstić information content (AvgIpc) is 3.33. The van der Waals surface area contributed by atoms with Gasteiger partial charge in [0.25, 0.3) is 0 Å². The van der Waals surface area contributed by atoms with Crippen molar-refractivity contribution in [1.29, 1.82) is 0 Å². The summed E-state index contributed by atoms with van der Waals surface area (Å²) in [4.78, 5) is 2.61. The molecule has 0 bridgehead atoms. The minimum Gasteiger partial charge on any atom is -0.494 e. The molecule has 2 aromatic carbocycles. The van der Waals surface area contributed by atoms with Gasteiger partial charge in [-0.3, -0.25) is 4.90 Å². The van der Waals surface area contributed by atoms with Gasteiger partial charge < -0.3 is 4.74 Å². The number of aryl methyl sites for hydroxylation is 2. The molecule has 0 spiro atoms. The number of tetrazole rings is 1. The first-order valence-electron chi connectivity index (χ1n) is 11.9. The summed E-state index contributed by atoms with van der Waals surface area (Å²) >= 11 is 0. The first kappa shape index (κ1) is 22.9. The maximum absolute atomic E-state index is 13.3. The van der Waals surface area contributed by atoms with Crippen LogP contribution in [0.15, 0.2) is 47.4 Å². The Labute approximate surface area is 200 Å². The third-order valence-electron chi connectivity index (χ3n) is 6.58. The normalized spacial score (nSPS) is 17.4. The predicted octanol–water partition coefficient (Wildman–Crippen LogP) is 2.45. The van der Waals surface area contributed by atoms with Crippen LogP contribution < -0.4 is 4.74 Å². The quantitative estimate of drug-likeness (QED) is 0.511. The maximum Gasteiger partial charge on any atom is 0.243 e. The first-order valence-corrected chi connectivity index (χ1v) is 13.3. The number of benzene rings is 2. The molecular formula is C24H30N6O3S. The summed E-state index contributed by atoms with van der Waals surface area (Å²) in [6.45, 7) is 5.26. The molecule has 34 heavy (non-hydrogen) atoms. The van der Waals surface area contributed by atoms with Crippen molar-refractivity contribution < 1.29 is 13.2 Å². The Kier molecular flexibility index (Phi) is 6.62. The van der Waals surface area contributed by atoms with E-state index >= 15 is 0 Å². The number of aromatic nitrogens is 4. The second kappa shape index (κ2) is 9.81. The van der Waals surface area contributed by atoms with Gasteiger partial charge in [-0.15, -0.1) is 5.10 Å². The molecule has 1 aromatic heterocycles. The molecule has 0 unspecified atom stereocenters. The van der Waals surface area contributed by atoms with E-state index in [2.05, 4.69) is 20.4 Å². The van der Waals surface area contributed by atoms with E-state index in [1.165, 1.54) is 17.5 Å². The molecule has 2 aliphatic rings. The third kappa shape index (κ3) is 4.70. The van der Waals surface area contributed by atoms with E-state index in [1.54, 1.807) is 15.1 Å². The highest BCUT2D eigenvalue weighted by Crippen LogP contribution is 2.26. The number of hydrogen-bond acceptors (Lipinski definition) is 7. The van der Waals surface area contributed by atoms with E-state index < -0.39 is 10.0 Å². The van der Waals surface area contributed by atoms with E-state index in [4.69, 9.17) is 4.74 Å². The molecular weight excluding hydrogens is 452 g/mol. The van der Waals surface area contributed by atoms with Crippen molar-refractivity contribution >= 4 is 10.0 Å². The molecule has 10 heteroatoms. The molecule has 3 aromatic rings. The van der Waals surface area contributed by atoms with Crippen LogP contribution in [0.3, 0.4) is 0 Å². The summed E-state index contributed by atoms with van der Waals surface area (Å²) in [6.07, 6.45) is 4.33. The molecule has 0 saturated carbocycles. The molecule has 180 valence electrons. The van der Waals surface area contributed by atoms with Gasteiger partial charge in [0, 0.05) is 26.2 Å². The summed E-state index contributed by atoms with van der Waals surface area (Å²) in [5.74, 6) is 1.52. The van der Waals surface area contributed by atoms with E-state index in [0.29, 0.717) is 44.2 Å². The fourth-order valence-corrected chi connectivity index (χ4v) is 6.18. The molecule has 1 aliphatic heterocycles. The first-order chi connectivity index (χ1) is 16.5. The van der Waals surface area contributed by atoms with Crippen LogP contribution in [0.4, 0.5) is 0 Å². The van der Waals surface area contributed by atoms with Gasteiger partial charge in [0.1, 0.15) is 5.75 Å². The Balaban J connectivity index is 1.23. The van der Waals surface area contributed by atoms with Gasteiger partial charge in [-0.25, -0.2) is 8.42 Å². The fourth-order valence-electron chi connectivity index (χ4n) is 4.70. The van der Waals surface area contributed by atoms with Gasteiger partial charge >= 0.3 is 0 Å². The van der Waals surface area contributed by atoms with Crippen LogP contribution >= 0.6 is 0 Å². The number of rotatable bonds is 7. The highest BCUT2D eigenvalue weighted by molar-refractivity contribution is 7.89. The standard InChI is InChI=1S/C24H30N6O3S/c1-2-33-22-10-8-21(9-11-22)30-24(25-26-27-30)18-28-13-15-29(16-14-28)34(31,32)23-12-7-19-5-3-4-6-20(19)17-23/h7-12,17H,2-6,13-16,18H2,1H3. The lowest BCUT2D eigenvalue weighted by Gasteiger charge is -2.33. The second-order valence-corrected chi connectivity index (χ2v) is 10.7. The minimum atomic E-state index is -3.49. The number of piperazine rings is 1. The SMILES string of the molecule is CCOc1ccc(-n2nnnc2CN2CCN(S(=O)(=O)c3ccc4c(c3)CCCC4)CC2)cc1. The number of ether oxygens (including phenoxy) is 1. The van der Waals surface area contributed by atoms with Crippen molar-refractivity contribution in [3.05, 3.63) is 59.4 Å². The van der Waals surface area contributed by atoms with Crippen LogP contribution in [0.1, 0.15) is 36.7 Å². The number of fused-ring (bicyclic) bond motifs is 1. The Morgan fingerprint density at radius 1 is 0.941 bits per heavy atom. The third-order valence-corrected chi connectivity index (χ3v) is 8.48. The van der Waals surface area contributed by atoms with Crippen LogP contribution in [0.5, 0.6) is 5.75 Å². The van der Waals surface area contributed by atoms with Crippen LogP contribution in [0.25, 0.3) is 5.69 Å². The summed E-state index contributed by atoms with van der Waals surface area (Å²) in [5, 5.41) is 12.2. The molecule has 9 nitrogen and oxygen atoms in total. The summed E-state index contributed by atoms with van der Waals surface area (Å²) in [5.41, 5.74) is 3.34. The van der Waals surface area contributed by atoms with Gasteiger partial charge in [-0.2, -0.15) is 8.99 Å². The number of hydrogen-bond donors (Lipinski definition) is 0. The van der Waals surface area contributed by atoms with E-state index in [9.17, 15) is 8.42 Å². The molecule has 1 saturated heterocycles. The van der Waals surface area contributed by atoms with Crippen LogP contribution in [0, 0.1) is 0 Å². The number of sulfonamides is 1. The van der Waals surface area contributed by atoms with Gasteiger partial charge in [-0.1, -0.05) is 6.07 Å². The van der Waals surface area contributed by atoms with Crippen molar-refractivity contribution in [2.75, 3.05) is 32.8 Å². The van der Waals surface area contributed by atoms with Gasteiger partial charge in [0.05, 0.1) is 23.7 Å². The highest BCUT2D eigenvalue weighted by Gasteiger charge is 2.30. The molecule has 0 amide bonds. The lowest BCUT2D eigenvalue weighted by Crippen LogP contribution is -2.48. The van der Waals surface area contributed by atoms with E-state index in [1.807, 2.05) is 43.3 Å². The van der Waals surface area contributed by atoms with E-state index in [0.717, 1.165) is 36.5 Å². The van der Waals surface area contributed by atoms with Crippen molar-refractivity contribution in [1.82, 2.24) is 29.4 Å². The highest BCUT2D eigenvalue weighted by atomic mass is 32.2. The van der Waals surface area contributed by atoms with Gasteiger partial charge in [-0.05, 0) is 90.6 Å². The minimum absolute atomic E-state index is 0.418. The monoisotopic (exact) mass is 482 g/mol. The molecule has 1 fully saturated rings. The Bertz CT molecular complexity index is 1230. The Morgan fingerprint density at radius 2 is 1.68 bits per heavy atom. The molecule has 0 N–H and O–H groups in total. The number of nitrogens with zero attached hydrogens (tertiary/aromatic N) is 6. The van der Waals surface area contributed by atoms with E-state index in [-0.39, 0.29) is 0 Å². The van der Waals surface area contributed by atoms with Gasteiger partial charge in [0.2, 0.25) is 10.0 Å². The topological polar surface area (TPSA) is 93.4 Å². The fraction of sp³-hybridized carbons (Fsp3) is 0.458. The van der Waals surface area contributed by atoms with Crippen molar-refractivity contribution in [3.8, 4) is 11.4 Å². The maximum atomic E-state index is 13.3. The van der Waals surface area contributed by atoms with Crippen LogP contribution in [-0.4, -0.2) is 70.6 Å². The van der Waals surface area contributed by atoms with Gasteiger partial charge in [0.15, 0.2) is 5.82 Å². The lowest BCUT2D eigenvalue weighted by molar-refractivity contribution is 0.177.